The second-order valence-corrected chi connectivity index (χ2v) is 4.36. The van der Waals surface area contributed by atoms with Gasteiger partial charge in [0.2, 0.25) is 0 Å². The number of aromatic nitrogens is 4. The van der Waals surface area contributed by atoms with Crippen molar-refractivity contribution in [1.82, 2.24) is 19.8 Å². The van der Waals surface area contributed by atoms with Crippen LogP contribution >= 0.6 is 0 Å². The molecule has 0 aliphatic heterocycles. The summed E-state index contributed by atoms with van der Waals surface area (Å²) in [5, 5.41) is 12.3. The molecule has 2 aromatic heterocycles. The first-order valence-electron chi connectivity index (χ1n) is 5.94. The molecule has 0 aliphatic carbocycles. The number of carbonyl (C=O) groups is 1. The second kappa shape index (κ2) is 4.72. The van der Waals surface area contributed by atoms with Gasteiger partial charge < -0.3 is 4.74 Å². The van der Waals surface area contributed by atoms with Crippen LogP contribution in [-0.4, -0.2) is 32.4 Å². The molecule has 0 atom stereocenters. The normalized spacial score (nSPS) is 11.2. The molecule has 0 bridgehead atoms. The van der Waals surface area contributed by atoms with Crippen molar-refractivity contribution in [2.24, 2.45) is 0 Å². The minimum Gasteiger partial charge on any atom is -0.461 e. The van der Waals surface area contributed by atoms with Crippen LogP contribution < -0.4 is 0 Å². The predicted octanol–water partition coefficient (Wildman–Crippen LogP) is 1.73. The number of fused-ring (bicyclic) bond motifs is 1. The largest absolute Gasteiger partial charge is 0.461 e. The van der Waals surface area contributed by atoms with Gasteiger partial charge in [0.05, 0.1) is 18.0 Å². The number of ether oxygens (including phenoxy) is 1. The van der Waals surface area contributed by atoms with E-state index in [1.165, 1.54) is 0 Å². The zero-order valence-electron chi connectivity index (χ0n) is 11.0. The number of rotatable bonds is 3. The molecule has 0 saturated carbocycles. The molecule has 0 aliphatic rings. The van der Waals surface area contributed by atoms with Gasteiger partial charge in [-0.05, 0) is 19.8 Å². The average Bonchev–Trinajstić information content (AvgIpc) is 2.67. The zero-order chi connectivity index (χ0) is 13.3. The molecule has 0 unspecified atom stereocenters. The van der Waals surface area contributed by atoms with Gasteiger partial charge in [-0.25, -0.2) is 9.31 Å². The summed E-state index contributed by atoms with van der Waals surface area (Å²) < 4.78 is 6.66. The highest BCUT2D eigenvalue weighted by atomic mass is 16.5. The molecule has 18 heavy (non-hydrogen) atoms. The van der Waals surface area contributed by atoms with Crippen LogP contribution in [0.2, 0.25) is 0 Å². The fourth-order valence-electron chi connectivity index (χ4n) is 1.85. The van der Waals surface area contributed by atoms with E-state index in [1.807, 2.05) is 26.8 Å². The van der Waals surface area contributed by atoms with Crippen molar-refractivity contribution in [1.29, 1.82) is 0 Å². The van der Waals surface area contributed by atoms with Crippen LogP contribution in [0.3, 0.4) is 0 Å². The van der Waals surface area contributed by atoms with Crippen LogP contribution in [0.25, 0.3) is 5.65 Å². The van der Waals surface area contributed by atoms with Crippen molar-refractivity contribution < 1.29 is 9.53 Å². The molecule has 0 amide bonds. The van der Waals surface area contributed by atoms with Crippen molar-refractivity contribution >= 4 is 11.6 Å². The van der Waals surface area contributed by atoms with Crippen molar-refractivity contribution in [2.45, 2.75) is 33.6 Å². The molecule has 2 heterocycles. The van der Waals surface area contributed by atoms with Gasteiger partial charge in [-0.3, -0.25) is 0 Å². The van der Waals surface area contributed by atoms with Crippen LogP contribution in [0.5, 0.6) is 0 Å². The van der Waals surface area contributed by atoms with E-state index >= 15 is 0 Å². The highest BCUT2D eigenvalue weighted by Gasteiger charge is 2.22. The van der Waals surface area contributed by atoms with E-state index in [2.05, 4.69) is 15.3 Å². The maximum Gasteiger partial charge on any atom is 0.360 e. The van der Waals surface area contributed by atoms with Gasteiger partial charge in [-0.2, -0.15) is 5.10 Å². The second-order valence-electron chi connectivity index (χ2n) is 4.36. The number of hydrogen-bond donors (Lipinski definition) is 0. The minimum absolute atomic E-state index is 0.0988. The third kappa shape index (κ3) is 2.05. The van der Waals surface area contributed by atoms with Crippen LogP contribution in [0.4, 0.5) is 0 Å². The maximum atomic E-state index is 11.9. The van der Waals surface area contributed by atoms with Crippen molar-refractivity contribution in [3.63, 3.8) is 0 Å². The molecule has 0 N–H and O–H groups in total. The Morgan fingerprint density at radius 2 is 2.17 bits per heavy atom. The summed E-state index contributed by atoms with van der Waals surface area (Å²) in [6.45, 7) is 7.92. The quantitative estimate of drug-likeness (QED) is 0.774. The molecule has 0 spiro atoms. The van der Waals surface area contributed by atoms with Crippen LogP contribution in [0.1, 0.15) is 48.6 Å². The molecular weight excluding hydrogens is 232 g/mol. The fraction of sp³-hybridized carbons (Fsp3) is 0.500. The number of aryl methyl sites for hydroxylation is 1. The smallest absolute Gasteiger partial charge is 0.360 e. The topological polar surface area (TPSA) is 69.4 Å². The monoisotopic (exact) mass is 248 g/mol. The molecular formula is C12H16N4O2. The van der Waals surface area contributed by atoms with Gasteiger partial charge in [-0.15, -0.1) is 10.2 Å². The molecule has 2 aromatic rings. The Bertz CT molecular complexity index is 589. The standard InChI is InChI=1S/C12H16N4O2/c1-5-18-12(17)10-11(7(2)3)16-9(13-14-10)6-8(4)15-16/h6-7H,5H2,1-4H3. The predicted molar refractivity (Wildman–Crippen MR) is 65.6 cm³/mol. The van der Waals surface area contributed by atoms with E-state index < -0.39 is 5.97 Å². The SMILES string of the molecule is CCOC(=O)c1nnc2cc(C)nn2c1C(C)C. The molecule has 2 rings (SSSR count). The van der Waals surface area contributed by atoms with Crippen molar-refractivity contribution in [3.8, 4) is 0 Å². The van der Waals surface area contributed by atoms with E-state index in [1.54, 1.807) is 11.4 Å². The summed E-state index contributed by atoms with van der Waals surface area (Å²) in [6.07, 6.45) is 0. The molecule has 96 valence electrons. The van der Waals surface area contributed by atoms with Gasteiger partial charge in [0.25, 0.3) is 0 Å². The lowest BCUT2D eigenvalue weighted by atomic mass is 10.1. The first-order valence-corrected chi connectivity index (χ1v) is 5.94. The molecule has 6 nitrogen and oxygen atoms in total. The van der Waals surface area contributed by atoms with Gasteiger partial charge >= 0.3 is 5.97 Å². The third-order valence-electron chi connectivity index (χ3n) is 2.55. The van der Waals surface area contributed by atoms with E-state index in [9.17, 15) is 4.79 Å². The van der Waals surface area contributed by atoms with Crippen LogP contribution in [0, 0.1) is 6.92 Å². The first-order chi connectivity index (χ1) is 8.54. The first kappa shape index (κ1) is 12.5. The summed E-state index contributed by atoms with van der Waals surface area (Å²) in [4.78, 5) is 11.9. The number of carbonyl (C=O) groups excluding carboxylic acids is 1. The number of esters is 1. The summed E-state index contributed by atoms with van der Waals surface area (Å²) in [6, 6.07) is 1.83. The van der Waals surface area contributed by atoms with Crippen molar-refractivity contribution in [3.05, 3.63) is 23.1 Å². The van der Waals surface area contributed by atoms with E-state index in [-0.39, 0.29) is 11.6 Å². The molecule has 6 heteroatoms. The maximum absolute atomic E-state index is 11.9. The third-order valence-corrected chi connectivity index (χ3v) is 2.55. The average molecular weight is 248 g/mol. The Labute approximate surface area is 105 Å². The Kier molecular flexibility index (Phi) is 3.27. The Morgan fingerprint density at radius 3 is 2.78 bits per heavy atom. The minimum atomic E-state index is -0.455. The molecule has 0 radical (unpaired) electrons. The van der Waals surface area contributed by atoms with Crippen molar-refractivity contribution in [2.75, 3.05) is 6.61 Å². The summed E-state index contributed by atoms with van der Waals surface area (Å²) >= 11 is 0. The van der Waals surface area contributed by atoms with Crippen LogP contribution in [0.15, 0.2) is 6.07 Å². The lowest BCUT2D eigenvalue weighted by Crippen LogP contribution is -2.17. The lowest BCUT2D eigenvalue weighted by Gasteiger charge is -2.11. The highest BCUT2D eigenvalue weighted by Crippen LogP contribution is 2.19. The van der Waals surface area contributed by atoms with Gasteiger partial charge in [-0.1, -0.05) is 13.8 Å². The summed E-state index contributed by atoms with van der Waals surface area (Å²) in [7, 11) is 0. The van der Waals surface area contributed by atoms with Gasteiger partial charge in [0.1, 0.15) is 0 Å². The molecule has 0 aromatic carbocycles. The zero-order valence-corrected chi connectivity index (χ0v) is 11.0. The summed E-state index contributed by atoms with van der Waals surface area (Å²) in [5.74, 6) is -0.356. The Balaban J connectivity index is 2.66. The Morgan fingerprint density at radius 1 is 1.44 bits per heavy atom. The fourth-order valence-corrected chi connectivity index (χ4v) is 1.85. The highest BCUT2D eigenvalue weighted by molar-refractivity contribution is 5.88. The summed E-state index contributed by atoms with van der Waals surface area (Å²) in [5.41, 5.74) is 2.45. The lowest BCUT2D eigenvalue weighted by molar-refractivity contribution is 0.0515. The van der Waals surface area contributed by atoms with Crippen LogP contribution in [-0.2, 0) is 4.74 Å². The molecule has 0 fully saturated rings. The molecule has 0 saturated heterocycles. The van der Waals surface area contributed by atoms with E-state index in [0.29, 0.717) is 12.3 Å². The number of hydrogen-bond acceptors (Lipinski definition) is 5. The van der Waals surface area contributed by atoms with Gasteiger partial charge in [0.15, 0.2) is 11.3 Å². The van der Waals surface area contributed by atoms with E-state index in [0.717, 1.165) is 11.4 Å². The Hall–Kier alpha value is -1.98. The van der Waals surface area contributed by atoms with Gasteiger partial charge in [0, 0.05) is 6.07 Å². The van der Waals surface area contributed by atoms with E-state index in [4.69, 9.17) is 4.74 Å². The number of nitrogens with zero attached hydrogens (tertiary/aromatic N) is 4.